The Balaban J connectivity index is 2.67. The number of benzene rings is 1. The fourth-order valence-corrected chi connectivity index (χ4v) is 2.50. The first-order chi connectivity index (χ1) is 9.85. The molecule has 4 nitrogen and oxygen atoms in total. The zero-order chi connectivity index (χ0) is 16.0. The molecule has 21 heavy (non-hydrogen) atoms. The van der Waals surface area contributed by atoms with Gasteiger partial charge in [0.2, 0.25) is 5.91 Å². The summed E-state index contributed by atoms with van der Waals surface area (Å²) in [6, 6.07) is 4.67. The molecular weight excluding hydrogens is 341 g/mol. The van der Waals surface area contributed by atoms with Gasteiger partial charge in [0.1, 0.15) is 5.82 Å². The number of amides is 1. The number of nitrogens with zero attached hydrogens (tertiary/aromatic N) is 1. The molecule has 1 rings (SSSR count). The second-order valence-corrected chi connectivity index (χ2v) is 5.77. The predicted molar refractivity (Wildman–Crippen MR) is 81.5 cm³/mol. The zero-order valence-corrected chi connectivity index (χ0v) is 13.7. The van der Waals surface area contributed by atoms with Crippen molar-refractivity contribution in [2.75, 3.05) is 13.1 Å². The third-order valence-electron chi connectivity index (χ3n) is 3.24. The smallest absolute Gasteiger partial charge is 0.305 e. The standard InChI is InChI=1S/C15H19BrFNO3/c1-3-18(7-6-14(19)20)15(21)10(2)8-11-4-5-13(17)12(16)9-11/h4-5,9-10H,3,6-8H2,1-2H3,(H,19,20). The van der Waals surface area contributed by atoms with E-state index in [2.05, 4.69) is 15.9 Å². The molecule has 0 aliphatic heterocycles. The molecule has 0 fully saturated rings. The van der Waals surface area contributed by atoms with Crippen LogP contribution in [0.25, 0.3) is 0 Å². The van der Waals surface area contributed by atoms with Gasteiger partial charge < -0.3 is 10.0 Å². The summed E-state index contributed by atoms with van der Waals surface area (Å²) in [7, 11) is 0. The van der Waals surface area contributed by atoms with Crippen LogP contribution in [0.3, 0.4) is 0 Å². The number of carbonyl (C=O) groups is 2. The van der Waals surface area contributed by atoms with E-state index in [1.165, 1.54) is 11.0 Å². The second kappa shape index (κ2) is 8.12. The van der Waals surface area contributed by atoms with Gasteiger partial charge >= 0.3 is 5.97 Å². The molecule has 116 valence electrons. The Labute approximate surface area is 132 Å². The van der Waals surface area contributed by atoms with Gasteiger partial charge in [0.15, 0.2) is 0 Å². The number of hydrogen-bond acceptors (Lipinski definition) is 2. The Morgan fingerprint density at radius 3 is 2.62 bits per heavy atom. The lowest BCUT2D eigenvalue weighted by molar-refractivity contribution is -0.139. The Kier molecular flexibility index (Phi) is 6.81. The summed E-state index contributed by atoms with van der Waals surface area (Å²) in [5, 5.41) is 8.69. The van der Waals surface area contributed by atoms with Gasteiger partial charge in [-0.1, -0.05) is 13.0 Å². The predicted octanol–water partition coefficient (Wildman–Crippen LogP) is 3.09. The van der Waals surface area contributed by atoms with E-state index in [0.717, 1.165) is 5.56 Å². The van der Waals surface area contributed by atoms with Crippen LogP contribution < -0.4 is 0 Å². The molecule has 1 atom stereocenters. The van der Waals surface area contributed by atoms with Gasteiger partial charge in [-0.05, 0) is 47.0 Å². The van der Waals surface area contributed by atoms with Crippen LogP contribution in [0.5, 0.6) is 0 Å². The average Bonchev–Trinajstić information content (AvgIpc) is 2.43. The highest BCUT2D eigenvalue weighted by Gasteiger charge is 2.20. The van der Waals surface area contributed by atoms with Crippen molar-refractivity contribution in [3.63, 3.8) is 0 Å². The third-order valence-corrected chi connectivity index (χ3v) is 3.84. The van der Waals surface area contributed by atoms with Crippen molar-refractivity contribution in [1.82, 2.24) is 4.90 Å². The van der Waals surface area contributed by atoms with E-state index in [1.807, 2.05) is 6.92 Å². The number of hydrogen-bond donors (Lipinski definition) is 1. The van der Waals surface area contributed by atoms with E-state index >= 15 is 0 Å². The zero-order valence-electron chi connectivity index (χ0n) is 12.1. The van der Waals surface area contributed by atoms with Gasteiger partial charge in [-0.25, -0.2) is 4.39 Å². The topological polar surface area (TPSA) is 57.6 Å². The maximum absolute atomic E-state index is 13.2. The fraction of sp³-hybridized carbons (Fsp3) is 0.467. The number of carboxylic acids is 1. The molecule has 6 heteroatoms. The number of halogens is 2. The summed E-state index contributed by atoms with van der Waals surface area (Å²) in [6.07, 6.45) is 0.426. The third kappa shape index (κ3) is 5.46. The lowest BCUT2D eigenvalue weighted by atomic mass is 9.99. The summed E-state index contributed by atoms with van der Waals surface area (Å²) in [6.45, 7) is 4.30. The lowest BCUT2D eigenvalue weighted by Gasteiger charge is -2.24. The van der Waals surface area contributed by atoms with Crippen molar-refractivity contribution in [3.8, 4) is 0 Å². The molecule has 0 heterocycles. The van der Waals surface area contributed by atoms with Gasteiger partial charge in [-0.2, -0.15) is 0 Å². The summed E-state index contributed by atoms with van der Waals surface area (Å²) in [5.74, 6) is -1.62. The van der Waals surface area contributed by atoms with Gasteiger partial charge in [-0.15, -0.1) is 0 Å². The van der Waals surface area contributed by atoms with E-state index in [1.54, 1.807) is 19.1 Å². The molecule has 0 bridgehead atoms. The molecule has 0 saturated heterocycles. The lowest BCUT2D eigenvalue weighted by Crippen LogP contribution is -2.37. The molecule has 0 aromatic heterocycles. The van der Waals surface area contributed by atoms with Crippen molar-refractivity contribution in [2.45, 2.75) is 26.7 Å². The molecular formula is C15H19BrFNO3. The van der Waals surface area contributed by atoms with E-state index in [-0.39, 0.29) is 30.6 Å². The van der Waals surface area contributed by atoms with Crippen molar-refractivity contribution < 1.29 is 19.1 Å². The number of carboxylic acid groups (broad SMARTS) is 1. The first kappa shape index (κ1) is 17.6. The molecule has 0 radical (unpaired) electrons. The normalized spacial score (nSPS) is 12.0. The van der Waals surface area contributed by atoms with Crippen LogP contribution >= 0.6 is 15.9 Å². The SMILES string of the molecule is CCN(CCC(=O)O)C(=O)C(C)Cc1ccc(F)c(Br)c1. The molecule has 1 N–H and O–H groups in total. The van der Waals surface area contributed by atoms with Crippen molar-refractivity contribution in [1.29, 1.82) is 0 Å². The molecule has 1 aromatic rings. The minimum absolute atomic E-state index is 0.0611. The van der Waals surface area contributed by atoms with Gasteiger partial charge in [-0.3, -0.25) is 9.59 Å². The van der Waals surface area contributed by atoms with Gasteiger partial charge in [0, 0.05) is 19.0 Å². The summed E-state index contributed by atoms with van der Waals surface area (Å²) in [5.41, 5.74) is 0.860. The van der Waals surface area contributed by atoms with Crippen LogP contribution in [0.15, 0.2) is 22.7 Å². The molecule has 1 amide bonds. The summed E-state index contributed by atoms with van der Waals surface area (Å²) < 4.78 is 13.5. The Hall–Kier alpha value is -1.43. The maximum atomic E-state index is 13.2. The van der Waals surface area contributed by atoms with Crippen LogP contribution in [0.4, 0.5) is 4.39 Å². The number of carbonyl (C=O) groups excluding carboxylic acids is 1. The van der Waals surface area contributed by atoms with Crippen molar-refractivity contribution in [3.05, 3.63) is 34.1 Å². The molecule has 0 saturated carbocycles. The summed E-state index contributed by atoms with van der Waals surface area (Å²) in [4.78, 5) is 24.4. The highest BCUT2D eigenvalue weighted by Crippen LogP contribution is 2.19. The number of rotatable bonds is 7. The Morgan fingerprint density at radius 1 is 1.43 bits per heavy atom. The average molecular weight is 360 g/mol. The molecule has 0 aliphatic rings. The van der Waals surface area contributed by atoms with Crippen LogP contribution in [0, 0.1) is 11.7 Å². The largest absolute Gasteiger partial charge is 0.481 e. The number of aliphatic carboxylic acids is 1. The molecule has 0 spiro atoms. The van der Waals surface area contributed by atoms with E-state index in [4.69, 9.17) is 5.11 Å². The van der Waals surface area contributed by atoms with Crippen LogP contribution in [-0.2, 0) is 16.0 Å². The van der Waals surface area contributed by atoms with E-state index in [0.29, 0.717) is 17.4 Å². The minimum atomic E-state index is -0.920. The molecule has 0 aliphatic carbocycles. The molecule has 1 aromatic carbocycles. The van der Waals surface area contributed by atoms with Crippen molar-refractivity contribution in [2.24, 2.45) is 5.92 Å². The van der Waals surface area contributed by atoms with Crippen LogP contribution in [0.1, 0.15) is 25.8 Å². The first-order valence-electron chi connectivity index (χ1n) is 6.79. The maximum Gasteiger partial charge on any atom is 0.305 e. The van der Waals surface area contributed by atoms with Crippen LogP contribution in [-0.4, -0.2) is 35.0 Å². The molecule has 1 unspecified atom stereocenters. The van der Waals surface area contributed by atoms with Gasteiger partial charge in [0.25, 0.3) is 0 Å². The second-order valence-electron chi connectivity index (χ2n) is 4.92. The van der Waals surface area contributed by atoms with Gasteiger partial charge in [0.05, 0.1) is 10.9 Å². The monoisotopic (exact) mass is 359 g/mol. The highest BCUT2D eigenvalue weighted by atomic mass is 79.9. The van der Waals surface area contributed by atoms with Crippen molar-refractivity contribution >= 4 is 27.8 Å². The van der Waals surface area contributed by atoms with E-state index < -0.39 is 5.97 Å². The highest BCUT2D eigenvalue weighted by molar-refractivity contribution is 9.10. The fourth-order valence-electron chi connectivity index (χ4n) is 2.07. The Bertz CT molecular complexity index is 522. The minimum Gasteiger partial charge on any atom is -0.481 e. The van der Waals surface area contributed by atoms with Crippen LogP contribution in [0.2, 0.25) is 0 Å². The van der Waals surface area contributed by atoms with E-state index in [9.17, 15) is 14.0 Å². The Morgan fingerprint density at radius 2 is 2.10 bits per heavy atom. The quantitative estimate of drug-likeness (QED) is 0.813. The summed E-state index contributed by atoms with van der Waals surface area (Å²) >= 11 is 3.12. The first-order valence-corrected chi connectivity index (χ1v) is 7.59.